The van der Waals surface area contributed by atoms with Crippen LogP contribution in [0.4, 0.5) is 0 Å². The molecule has 0 amide bonds. The smallest absolute Gasteiger partial charge is 0.0594 e. The molecule has 1 heterocycles. The summed E-state index contributed by atoms with van der Waals surface area (Å²) in [6.45, 7) is 6.34. The summed E-state index contributed by atoms with van der Waals surface area (Å²) in [5.74, 6) is 0. The fourth-order valence-electron chi connectivity index (χ4n) is 3.17. The lowest BCUT2D eigenvalue weighted by molar-refractivity contribution is 0.0374. The standard InChI is InChI=1S/C16H24N2O/c1-2-5-15-14(4-1)6-7-16(15)17-8-3-9-18-10-12-19-13-11-18/h1-2,4-5,16-17H,3,6-13H2. The van der Waals surface area contributed by atoms with Crippen LogP contribution in [0.5, 0.6) is 0 Å². The van der Waals surface area contributed by atoms with E-state index in [0.717, 1.165) is 32.8 Å². The number of nitrogens with one attached hydrogen (secondary N) is 1. The quantitative estimate of drug-likeness (QED) is 0.819. The van der Waals surface area contributed by atoms with Crippen LogP contribution in [0.15, 0.2) is 24.3 Å². The van der Waals surface area contributed by atoms with Crippen LogP contribution in [0.2, 0.25) is 0 Å². The molecule has 3 rings (SSSR count). The van der Waals surface area contributed by atoms with E-state index < -0.39 is 0 Å². The minimum atomic E-state index is 0.584. The summed E-state index contributed by atoms with van der Waals surface area (Å²) in [5, 5.41) is 3.72. The van der Waals surface area contributed by atoms with Crippen molar-refractivity contribution < 1.29 is 4.74 Å². The summed E-state index contributed by atoms with van der Waals surface area (Å²) in [5.41, 5.74) is 3.06. The number of nitrogens with zero attached hydrogens (tertiary/aromatic N) is 1. The topological polar surface area (TPSA) is 24.5 Å². The second-order valence-electron chi connectivity index (χ2n) is 5.55. The largest absolute Gasteiger partial charge is 0.379 e. The van der Waals surface area contributed by atoms with Crippen LogP contribution in [0, 0.1) is 0 Å². The van der Waals surface area contributed by atoms with Crippen LogP contribution in [0.1, 0.15) is 30.0 Å². The molecular formula is C16H24N2O. The molecule has 104 valence electrons. The number of fused-ring (bicyclic) bond motifs is 1. The zero-order chi connectivity index (χ0) is 12.9. The maximum atomic E-state index is 5.37. The van der Waals surface area contributed by atoms with Crippen molar-refractivity contribution in [1.82, 2.24) is 10.2 Å². The van der Waals surface area contributed by atoms with Crippen LogP contribution >= 0.6 is 0 Å². The average Bonchev–Trinajstić information content (AvgIpc) is 2.88. The zero-order valence-electron chi connectivity index (χ0n) is 11.6. The van der Waals surface area contributed by atoms with Crippen molar-refractivity contribution in [2.45, 2.75) is 25.3 Å². The zero-order valence-corrected chi connectivity index (χ0v) is 11.6. The first-order valence-corrected chi connectivity index (χ1v) is 7.55. The van der Waals surface area contributed by atoms with Crippen molar-refractivity contribution >= 4 is 0 Å². The van der Waals surface area contributed by atoms with Crippen molar-refractivity contribution in [1.29, 1.82) is 0 Å². The molecule has 1 atom stereocenters. The predicted octanol–water partition coefficient (Wildman–Crippen LogP) is 1.99. The van der Waals surface area contributed by atoms with Gasteiger partial charge in [0.05, 0.1) is 13.2 Å². The maximum Gasteiger partial charge on any atom is 0.0594 e. The molecule has 0 aromatic heterocycles. The Morgan fingerprint density at radius 1 is 1.21 bits per heavy atom. The third-order valence-corrected chi connectivity index (χ3v) is 4.28. The number of morpholine rings is 1. The van der Waals surface area contributed by atoms with Crippen LogP contribution < -0.4 is 5.32 Å². The molecule has 19 heavy (non-hydrogen) atoms. The van der Waals surface area contributed by atoms with Crippen molar-refractivity contribution in [3.8, 4) is 0 Å². The van der Waals surface area contributed by atoms with Gasteiger partial charge in [-0.05, 0) is 43.5 Å². The highest BCUT2D eigenvalue weighted by Gasteiger charge is 2.20. The number of hydrogen-bond acceptors (Lipinski definition) is 3. The Morgan fingerprint density at radius 3 is 2.95 bits per heavy atom. The van der Waals surface area contributed by atoms with E-state index in [4.69, 9.17) is 4.74 Å². The lowest BCUT2D eigenvalue weighted by atomic mass is 10.1. The summed E-state index contributed by atoms with van der Waals surface area (Å²) in [7, 11) is 0. The van der Waals surface area contributed by atoms with E-state index in [2.05, 4.69) is 34.5 Å². The van der Waals surface area contributed by atoms with Gasteiger partial charge in [-0.2, -0.15) is 0 Å². The molecule has 2 aliphatic rings. The highest BCUT2D eigenvalue weighted by molar-refractivity contribution is 5.34. The summed E-state index contributed by atoms with van der Waals surface area (Å²) in [4.78, 5) is 2.51. The lowest BCUT2D eigenvalue weighted by Crippen LogP contribution is -2.37. The monoisotopic (exact) mass is 260 g/mol. The average molecular weight is 260 g/mol. The molecular weight excluding hydrogens is 236 g/mol. The first-order valence-electron chi connectivity index (χ1n) is 7.55. The molecule has 1 aromatic rings. The first-order chi connectivity index (χ1) is 9.43. The Bertz CT molecular complexity index is 401. The number of hydrogen-bond donors (Lipinski definition) is 1. The minimum absolute atomic E-state index is 0.584. The summed E-state index contributed by atoms with van der Waals surface area (Å²) >= 11 is 0. The Kier molecular flexibility index (Phi) is 4.49. The molecule has 0 spiro atoms. The molecule has 0 radical (unpaired) electrons. The maximum absolute atomic E-state index is 5.37. The van der Waals surface area contributed by atoms with Crippen LogP contribution in [0.25, 0.3) is 0 Å². The highest BCUT2D eigenvalue weighted by Crippen LogP contribution is 2.30. The van der Waals surface area contributed by atoms with Gasteiger partial charge in [-0.25, -0.2) is 0 Å². The van der Waals surface area contributed by atoms with Gasteiger partial charge in [0.1, 0.15) is 0 Å². The van der Waals surface area contributed by atoms with E-state index in [1.54, 1.807) is 0 Å². The molecule has 1 aliphatic carbocycles. The van der Waals surface area contributed by atoms with Crippen molar-refractivity contribution in [2.75, 3.05) is 39.4 Å². The molecule has 3 nitrogen and oxygen atoms in total. The molecule has 0 saturated carbocycles. The van der Waals surface area contributed by atoms with E-state index in [1.165, 1.54) is 36.9 Å². The third-order valence-electron chi connectivity index (χ3n) is 4.28. The molecule has 1 fully saturated rings. The van der Waals surface area contributed by atoms with Crippen molar-refractivity contribution in [3.63, 3.8) is 0 Å². The Balaban J connectivity index is 1.39. The first kappa shape index (κ1) is 13.1. The summed E-state index contributed by atoms with van der Waals surface area (Å²) in [6, 6.07) is 9.44. The highest BCUT2D eigenvalue weighted by atomic mass is 16.5. The van der Waals surface area contributed by atoms with Gasteiger partial charge in [0, 0.05) is 19.1 Å². The molecule has 1 saturated heterocycles. The predicted molar refractivity (Wildman–Crippen MR) is 77.4 cm³/mol. The molecule has 1 unspecified atom stereocenters. The van der Waals surface area contributed by atoms with Gasteiger partial charge in [0.2, 0.25) is 0 Å². The molecule has 1 aromatic carbocycles. The molecule has 1 N–H and O–H groups in total. The Hall–Kier alpha value is -0.900. The van der Waals surface area contributed by atoms with Gasteiger partial charge in [-0.1, -0.05) is 24.3 Å². The van der Waals surface area contributed by atoms with E-state index in [-0.39, 0.29) is 0 Å². The molecule has 3 heteroatoms. The third kappa shape index (κ3) is 3.35. The Labute approximate surface area is 115 Å². The van der Waals surface area contributed by atoms with E-state index in [0.29, 0.717) is 6.04 Å². The van der Waals surface area contributed by atoms with Crippen LogP contribution in [0.3, 0.4) is 0 Å². The number of rotatable bonds is 5. The molecule has 0 bridgehead atoms. The summed E-state index contributed by atoms with van der Waals surface area (Å²) < 4.78 is 5.37. The lowest BCUT2D eigenvalue weighted by Gasteiger charge is -2.26. The van der Waals surface area contributed by atoms with Gasteiger partial charge in [-0.3, -0.25) is 4.90 Å². The minimum Gasteiger partial charge on any atom is -0.379 e. The number of ether oxygens (including phenoxy) is 1. The molecule has 1 aliphatic heterocycles. The SMILES string of the molecule is c1ccc2c(c1)CCC2NCCCN1CCOCC1. The van der Waals surface area contributed by atoms with Crippen molar-refractivity contribution in [3.05, 3.63) is 35.4 Å². The van der Waals surface area contributed by atoms with Gasteiger partial charge < -0.3 is 10.1 Å². The van der Waals surface area contributed by atoms with E-state index >= 15 is 0 Å². The van der Waals surface area contributed by atoms with E-state index in [1.807, 2.05) is 0 Å². The second kappa shape index (κ2) is 6.51. The van der Waals surface area contributed by atoms with Gasteiger partial charge in [0.25, 0.3) is 0 Å². The van der Waals surface area contributed by atoms with Gasteiger partial charge in [0.15, 0.2) is 0 Å². The van der Waals surface area contributed by atoms with Crippen LogP contribution in [-0.4, -0.2) is 44.3 Å². The number of benzene rings is 1. The second-order valence-corrected chi connectivity index (χ2v) is 5.55. The van der Waals surface area contributed by atoms with Gasteiger partial charge in [-0.15, -0.1) is 0 Å². The normalized spacial score (nSPS) is 23.5. The van der Waals surface area contributed by atoms with Gasteiger partial charge >= 0.3 is 0 Å². The van der Waals surface area contributed by atoms with E-state index in [9.17, 15) is 0 Å². The fourth-order valence-corrected chi connectivity index (χ4v) is 3.17. The Morgan fingerprint density at radius 2 is 2.05 bits per heavy atom. The van der Waals surface area contributed by atoms with Crippen LogP contribution in [-0.2, 0) is 11.2 Å². The fraction of sp³-hybridized carbons (Fsp3) is 0.625. The summed E-state index contributed by atoms with van der Waals surface area (Å²) in [6.07, 6.45) is 3.73. The van der Waals surface area contributed by atoms with Crippen molar-refractivity contribution in [2.24, 2.45) is 0 Å². The number of aryl methyl sites for hydroxylation is 1.